The first-order valence-electron chi connectivity index (χ1n) is 5.62. The van der Waals surface area contributed by atoms with Crippen LogP contribution in [0.2, 0.25) is 0 Å². The summed E-state index contributed by atoms with van der Waals surface area (Å²) in [6, 6.07) is 6.17. The van der Waals surface area contributed by atoms with Crippen molar-refractivity contribution in [1.29, 1.82) is 0 Å². The van der Waals surface area contributed by atoms with Gasteiger partial charge in [0.15, 0.2) is 0 Å². The molecule has 0 spiro atoms. The lowest BCUT2D eigenvalue weighted by Gasteiger charge is -2.19. The molecule has 0 aliphatic carbocycles. The Morgan fingerprint density at radius 2 is 2.07 bits per heavy atom. The van der Waals surface area contributed by atoms with Gasteiger partial charge in [-0.25, -0.2) is 0 Å². The second kappa shape index (κ2) is 5.76. The summed E-state index contributed by atoms with van der Waals surface area (Å²) in [7, 11) is 0. The SMILES string of the molecule is CCC(CCN)Oc1cccc(C)c1C. The van der Waals surface area contributed by atoms with Gasteiger partial charge in [0.05, 0.1) is 6.10 Å². The average Bonchev–Trinajstić information content (AvgIpc) is 2.24. The van der Waals surface area contributed by atoms with Crippen molar-refractivity contribution in [3.63, 3.8) is 0 Å². The highest BCUT2D eigenvalue weighted by Gasteiger charge is 2.09. The van der Waals surface area contributed by atoms with Crippen LogP contribution in [0.25, 0.3) is 0 Å². The molecule has 0 bridgehead atoms. The molecular formula is C13H21NO. The highest BCUT2D eigenvalue weighted by Crippen LogP contribution is 2.22. The van der Waals surface area contributed by atoms with E-state index >= 15 is 0 Å². The maximum absolute atomic E-state index is 5.94. The van der Waals surface area contributed by atoms with E-state index in [0.717, 1.165) is 18.6 Å². The van der Waals surface area contributed by atoms with Crippen LogP contribution >= 0.6 is 0 Å². The fourth-order valence-electron chi connectivity index (χ4n) is 1.56. The molecule has 2 heteroatoms. The van der Waals surface area contributed by atoms with E-state index < -0.39 is 0 Å². The van der Waals surface area contributed by atoms with Crippen molar-refractivity contribution in [2.45, 2.75) is 39.7 Å². The van der Waals surface area contributed by atoms with Crippen molar-refractivity contribution in [2.75, 3.05) is 6.54 Å². The molecule has 2 N–H and O–H groups in total. The number of nitrogens with two attached hydrogens (primary N) is 1. The highest BCUT2D eigenvalue weighted by molar-refractivity contribution is 5.38. The smallest absolute Gasteiger partial charge is 0.122 e. The van der Waals surface area contributed by atoms with Crippen molar-refractivity contribution < 1.29 is 4.74 Å². The Hall–Kier alpha value is -1.02. The largest absolute Gasteiger partial charge is 0.490 e. The number of ether oxygens (including phenoxy) is 1. The van der Waals surface area contributed by atoms with E-state index in [1.165, 1.54) is 11.1 Å². The predicted octanol–water partition coefficient (Wildman–Crippen LogP) is 2.81. The Bertz CT molecular complexity index is 309. The van der Waals surface area contributed by atoms with E-state index in [4.69, 9.17) is 10.5 Å². The summed E-state index contributed by atoms with van der Waals surface area (Å²) in [6.07, 6.45) is 2.17. The van der Waals surface area contributed by atoms with Crippen LogP contribution < -0.4 is 10.5 Å². The third kappa shape index (κ3) is 3.24. The van der Waals surface area contributed by atoms with Gasteiger partial charge in [-0.15, -0.1) is 0 Å². The molecule has 15 heavy (non-hydrogen) atoms. The second-order valence-corrected chi connectivity index (χ2v) is 3.92. The molecule has 1 rings (SSSR count). The maximum atomic E-state index is 5.94. The molecule has 0 aromatic heterocycles. The molecule has 84 valence electrons. The lowest BCUT2D eigenvalue weighted by molar-refractivity contribution is 0.188. The molecule has 0 radical (unpaired) electrons. The zero-order valence-electron chi connectivity index (χ0n) is 9.92. The fraction of sp³-hybridized carbons (Fsp3) is 0.538. The van der Waals surface area contributed by atoms with Crippen LogP contribution in [-0.2, 0) is 0 Å². The minimum atomic E-state index is 0.246. The first-order chi connectivity index (χ1) is 7.19. The molecule has 1 unspecified atom stereocenters. The Labute approximate surface area is 92.4 Å². The first-order valence-corrected chi connectivity index (χ1v) is 5.62. The number of hydrogen-bond donors (Lipinski definition) is 1. The minimum absolute atomic E-state index is 0.246. The van der Waals surface area contributed by atoms with Crippen molar-refractivity contribution >= 4 is 0 Å². The van der Waals surface area contributed by atoms with Gasteiger partial charge in [-0.3, -0.25) is 0 Å². The molecule has 0 aliphatic heterocycles. The predicted molar refractivity (Wildman–Crippen MR) is 64.3 cm³/mol. The van der Waals surface area contributed by atoms with Crippen molar-refractivity contribution in [1.82, 2.24) is 0 Å². The van der Waals surface area contributed by atoms with Gasteiger partial charge in [0.2, 0.25) is 0 Å². The van der Waals surface area contributed by atoms with Gasteiger partial charge in [0.25, 0.3) is 0 Å². The molecule has 0 saturated carbocycles. The second-order valence-electron chi connectivity index (χ2n) is 3.92. The summed E-state index contributed by atoms with van der Waals surface area (Å²) in [5.74, 6) is 0.996. The maximum Gasteiger partial charge on any atom is 0.122 e. The van der Waals surface area contributed by atoms with Gasteiger partial charge in [-0.1, -0.05) is 19.1 Å². The van der Waals surface area contributed by atoms with Crippen molar-refractivity contribution in [3.05, 3.63) is 29.3 Å². The van der Waals surface area contributed by atoms with E-state index in [1.807, 2.05) is 12.1 Å². The van der Waals surface area contributed by atoms with Crippen LogP contribution in [0, 0.1) is 13.8 Å². The van der Waals surface area contributed by atoms with Gasteiger partial charge in [-0.2, -0.15) is 0 Å². The van der Waals surface area contributed by atoms with Crippen LogP contribution in [0.15, 0.2) is 18.2 Å². The normalized spacial score (nSPS) is 12.5. The molecule has 0 heterocycles. The molecule has 0 saturated heterocycles. The molecule has 0 amide bonds. The molecule has 1 atom stereocenters. The topological polar surface area (TPSA) is 35.2 Å². The van der Waals surface area contributed by atoms with Crippen LogP contribution in [0.3, 0.4) is 0 Å². The van der Waals surface area contributed by atoms with Crippen LogP contribution in [0.1, 0.15) is 30.9 Å². The number of rotatable bonds is 5. The Morgan fingerprint density at radius 1 is 1.33 bits per heavy atom. The summed E-state index contributed by atoms with van der Waals surface area (Å²) >= 11 is 0. The molecule has 0 aliphatic rings. The summed E-state index contributed by atoms with van der Waals surface area (Å²) in [6.45, 7) is 7.01. The zero-order chi connectivity index (χ0) is 11.3. The minimum Gasteiger partial charge on any atom is -0.490 e. The molecular weight excluding hydrogens is 186 g/mol. The number of benzene rings is 1. The zero-order valence-corrected chi connectivity index (χ0v) is 9.92. The van der Waals surface area contributed by atoms with Crippen molar-refractivity contribution in [2.24, 2.45) is 5.73 Å². The van der Waals surface area contributed by atoms with Gasteiger partial charge in [0.1, 0.15) is 5.75 Å². The van der Waals surface area contributed by atoms with Crippen LogP contribution in [0.5, 0.6) is 5.75 Å². The Balaban J connectivity index is 2.74. The van der Waals surface area contributed by atoms with Crippen LogP contribution in [0.4, 0.5) is 0 Å². The Kier molecular flexibility index (Phi) is 4.63. The number of aryl methyl sites for hydroxylation is 1. The summed E-state index contributed by atoms with van der Waals surface area (Å²) in [5, 5.41) is 0. The van der Waals surface area contributed by atoms with E-state index in [1.54, 1.807) is 0 Å². The summed E-state index contributed by atoms with van der Waals surface area (Å²) in [4.78, 5) is 0. The summed E-state index contributed by atoms with van der Waals surface area (Å²) in [5.41, 5.74) is 8.05. The van der Waals surface area contributed by atoms with Gasteiger partial charge >= 0.3 is 0 Å². The average molecular weight is 207 g/mol. The van der Waals surface area contributed by atoms with Gasteiger partial charge in [0, 0.05) is 0 Å². The lowest BCUT2D eigenvalue weighted by Crippen LogP contribution is -2.20. The third-order valence-corrected chi connectivity index (χ3v) is 2.79. The standard InChI is InChI=1S/C13H21NO/c1-4-12(8-9-14)15-13-7-5-6-10(2)11(13)3/h5-7,12H,4,8-9,14H2,1-3H3. The quantitative estimate of drug-likeness (QED) is 0.805. The van der Waals surface area contributed by atoms with E-state index in [0.29, 0.717) is 6.54 Å². The summed E-state index contributed by atoms with van der Waals surface area (Å²) < 4.78 is 5.94. The van der Waals surface area contributed by atoms with E-state index in [2.05, 4.69) is 26.8 Å². The van der Waals surface area contributed by atoms with E-state index in [-0.39, 0.29) is 6.10 Å². The Morgan fingerprint density at radius 3 is 2.67 bits per heavy atom. The highest BCUT2D eigenvalue weighted by atomic mass is 16.5. The van der Waals surface area contributed by atoms with Crippen LogP contribution in [-0.4, -0.2) is 12.6 Å². The van der Waals surface area contributed by atoms with E-state index in [9.17, 15) is 0 Å². The third-order valence-electron chi connectivity index (χ3n) is 2.79. The van der Waals surface area contributed by atoms with Gasteiger partial charge in [-0.05, 0) is 50.4 Å². The molecule has 1 aromatic rings. The lowest BCUT2D eigenvalue weighted by atomic mass is 10.1. The first kappa shape index (κ1) is 12.1. The molecule has 2 nitrogen and oxygen atoms in total. The van der Waals surface area contributed by atoms with Crippen molar-refractivity contribution in [3.8, 4) is 5.75 Å². The number of hydrogen-bond acceptors (Lipinski definition) is 2. The monoisotopic (exact) mass is 207 g/mol. The fourth-order valence-corrected chi connectivity index (χ4v) is 1.56. The van der Waals surface area contributed by atoms with Gasteiger partial charge < -0.3 is 10.5 Å². The molecule has 0 fully saturated rings. The molecule has 1 aromatic carbocycles.